The van der Waals surface area contributed by atoms with Gasteiger partial charge in [-0.25, -0.2) is 4.98 Å². The topological polar surface area (TPSA) is 59.8 Å². The van der Waals surface area contributed by atoms with Gasteiger partial charge in [0.2, 0.25) is 0 Å². The standard InChI is InChI=1S/C9H9BrN4OS/c1-5-6(4-14(2)13-5)8(15)12-9-11-3-7(10)16-9/h3-4H,1-2H3,(H,11,12,15). The van der Waals surface area contributed by atoms with E-state index >= 15 is 0 Å². The van der Waals surface area contributed by atoms with Gasteiger partial charge in [-0.15, -0.1) is 0 Å². The average molecular weight is 301 g/mol. The van der Waals surface area contributed by atoms with Crippen LogP contribution in [0.15, 0.2) is 16.2 Å². The molecule has 0 saturated carbocycles. The van der Waals surface area contributed by atoms with Crippen molar-refractivity contribution in [3.63, 3.8) is 0 Å². The lowest BCUT2D eigenvalue weighted by atomic mass is 10.2. The molecular weight excluding hydrogens is 292 g/mol. The van der Waals surface area contributed by atoms with Gasteiger partial charge >= 0.3 is 0 Å². The Hall–Kier alpha value is -1.21. The molecule has 1 amide bonds. The number of anilines is 1. The van der Waals surface area contributed by atoms with Gasteiger partial charge in [-0.2, -0.15) is 5.10 Å². The zero-order valence-corrected chi connectivity index (χ0v) is 11.1. The predicted octanol–water partition coefficient (Wildman–Crippen LogP) is 2.20. The first-order valence-corrected chi connectivity index (χ1v) is 6.10. The van der Waals surface area contributed by atoms with Crippen LogP contribution in [-0.2, 0) is 7.05 Å². The Labute approximate surface area is 105 Å². The Morgan fingerprint density at radius 2 is 2.38 bits per heavy atom. The van der Waals surface area contributed by atoms with Gasteiger partial charge in [0.05, 0.1) is 21.2 Å². The first kappa shape index (κ1) is 11.3. The highest BCUT2D eigenvalue weighted by Gasteiger charge is 2.13. The van der Waals surface area contributed by atoms with Gasteiger partial charge in [-0.1, -0.05) is 11.3 Å². The zero-order chi connectivity index (χ0) is 11.7. The number of nitrogens with one attached hydrogen (secondary N) is 1. The van der Waals surface area contributed by atoms with E-state index in [0.29, 0.717) is 16.4 Å². The molecular formula is C9H9BrN4OS. The number of aromatic nitrogens is 3. The molecule has 0 atom stereocenters. The van der Waals surface area contributed by atoms with Crippen LogP contribution in [0.5, 0.6) is 0 Å². The van der Waals surface area contributed by atoms with E-state index in [9.17, 15) is 4.79 Å². The SMILES string of the molecule is Cc1nn(C)cc1C(=O)Nc1ncc(Br)s1. The Bertz CT molecular complexity index is 533. The van der Waals surface area contributed by atoms with Crippen molar-refractivity contribution in [3.05, 3.63) is 27.4 Å². The van der Waals surface area contributed by atoms with Crippen LogP contribution in [0.4, 0.5) is 5.13 Å². The predicted molar refractivity (Wildman–Crippen MR) is 65.7 cm³/mol. The number of amides is 1. The summed E-state index contributed by atoms with van der Waals surface area (Å²) in [6.07, 6.45) is 3.34. The van der Waals surface area contributed by atoms with Crippen LogP contribution < -0.4 is 5.32 Å². The number of thiazole rings is 1. The number of carbonyl (C=O) groups is 1. The summed E-state index contributed by atoms with van der Waals surface area (Å²) in [6.45, 7) is 1.80. The van der Waals surface area contributed by atoms with E-state index < -0.39 is 0 Å². The normalized spacial score (nSPS) is 10.4. The van der Waals surface area contributed by atoms with Crippen molar-refractivity contribution in [2.45, 2.75) is 6.92 Å². The number of aryl methyl sites for hydroxylation is 2. The Morgan fingerprint density at radius 1 is 1.62 bits per heavy atom. The van der Waals surface area contributed by atoms with Crippen molar-refractivity contribution in [2.24, 2.45) is 7.05 Å². The summed E-state index contributed by atoms with van der Waals surface area (Å²) in [6, 6.07) is 0. The van der Waals surface area contributed by atoms with E-state index in [1.165, 1.54) is 11.3 Å². The second kappa shape index (κ2) is 4.34. The maximum Gasteiger partial charge on any atom is 0.260 e. The van der Waals surface area contributed by atoms with Crippen molar-refractivity contribution in [1.29, 1.82) is 0 Å². The fraction of sp³-hybridized carbons (Fsp3) is 0.222. The van der Waals surface area contributed by atoms with Crippen LogP contribution in [-0.4, -0.2) is 20.7 Å². The second-order valence-electron chi connectivity index (χ2n) is 3.23. The van der Waals surface area contributed by atoms with Crippen molar-refractivity contribution in [1.82, 2.24) is 14.8 Å². The van der Waals surface area contributed by atoms with Crippen LogP contribution in [0, 0.1) is 6.92 Å². The fourth-order valence-corrected chi connectivity index (χ4v) is 2.40. The number of hydrogen-bond donors (Lipinski definition) is 1. The van der Waals surface area contributed by atoms with Gasteiger partial charge in [0.15, 0.2) is 5.13 Å². The van der Waals surface area contributed by atoms with Crippen LogP contribution in [0.25, 0.3) is 0 Å². The molecule has 5 nitrogen and oxygen atoms in total. The molecule has 0 aliphatic heterocycles. The summed E-state index contributed by atoms with van der Waals surface area (Å²) in [7, 11) is 1.78. The summed E-state index contributed by atoms with van der Waals surface area (Å²) in [4.78, 5) is 15.9. The molecule has 84 valence electrons. The average Bonchev–Trinajstić information content (AvgIpc) is 2.73. The quantitative estimate of drug-likeness (QED) is 0.925. The van der Waals surface area contributed by atoms with Crippen LogP contribution >= 0.6 is 27.3 Å². The van der Waals surface area contributed by atoms with Crippen LogP contribution in [0.2, 0.25) is 0 Å². The maximum absolute atomic E-state index is 11.8. The van der Waals surface area contributed by atoms with E-state index in [2.05, 4.69) is 31.3 Å². The molecule has 2 aromatic rings. The van der Waals surface area contributed by atoms with Crippen molar-refractivity contribution in [3.8, 4) is 0 Å². The van der Waals surface area contributed by atoms with Crippen LogP contribution in [0.3, 0.4) is 0 Å². The third kappa shape index (κ3) is 2.30. The lowest BCUT2D eigenvalue weighted by molar-refractivity contribution is 0.102. The summed E-state index contributed by atoms with van der Waals surface area (Å²) >= 11 is 4.65. The van der Waals surface area contributed by atoms with Crippen molar-refractivity contribution >= 4 is 38.3 Å². The molecule has 0 unspecified atom stereocenters. The molecule has 0 bridgehead atoms. The Kier molecular flexibility index (Phi) is 3.06. The molecule has 0 fully saturated rings. The molecule has 0 saturated heterocycles. The van der Waals surface area contributed by atoms with E-state index in [4.69, 9.17) is 0 Å². The van der Waals surface area contributed by atoms with E-state index in [0.717, 1.165) is 3.79 Å². The molecule has 2 aromatic heterocycles. The van der Waals surface area contributed by atoms with Gasteiger partial charge in [-0.3, -0.25) is 14.8 Å². The van der Waals surface area contributed by atoms with Crippen LogP contribution in [0.1, 0.15) is 16.1 Å². The summed E-state index contributed by atoms with van der Waals surface area (Å²) in [5, 5.41) is 7.40. The molecule has 2 heterocycles. The van der Waals surface area contributed by atoms with E-state index in [1.807, 2.05) is 0 Å². The van der Waals surface area contributed by atoms with Gasteiger partial charge in [0, 0.05) is 13.2 Å². The summed E-state index contributed by atoms with van der Waals surface area (Å²) < 4.78 is 2.49. The number of carbonyl (C=O) groups excluding carboxylic acids is 1. The maximum atomic E-state index is 11.8. The molecule has 0 aliphatic rings. The monoisotopic (exact) mass is 300 g/mol. The van der Waals surface area contributed by atoms with E-state index in [1.54, 1.807) is 31.0 Å². The summed E-state index contributed by atoms with van der Waals surface area (Å²) in [5.74, 6) is -0.188. The Morgan fingerprint density at radius 3 is 2.88 bits per heavy atom. The molecule has 0 aliphatic carbocycles. The number of halogens is 1. The molecule has 0 aromatic carbocycles. The fourth-order valence-electron chi connectivity index (χ4n) is 1.30. The number of rotatable bonds is 2. The van der Waals surface area contributed by atoms with Gasteiger partial charge < -0.3 is 0 Å². The molecule has 1 N–H and O–H groups in total. The minimum absolute atomic E-state index is 0.188. The molecule has 0 spiro atoms. The molecule has 16 heavy (non-hydrogen) atoms. The third-order valence-electron chi connectivity index (χ3n) is 1.96. The van der Waals surface area contributed by atoms with E-state index in [-0.39, 0.29) is 5.91 Å². The Balaban J connectivity index is 2.17. The summed E-state index contributed by atoms with van der Waals surface area (Å²) in [5.41, 5.74) is 1.27. The molecule has 7 heteroatoms. The molecule has 2 rings (SSSR count). The largest absolute Gasteiger partial charge is 0.298 e. The smallest absolute Gasteiger partial charge is 0.260 e. The lowest BCUT2D eigenvalue weighted by Gasteiger charge is -1.98. The highest BCUT2D eigenvalue weighted by atomic mass is 79.9. The number of nitrogens with zero attached hydrogens (tertiary/aromatic N) is 3. The van der Waals surface area contributed by atoms with Crippen molar-refractivity contribution < 1.29 is 4.79 Å². The molecule has 0 radical (unpaired) electrons. The first-order valence-electron chi connectivity index (χ1n) is 4.49. The minimum atomic E-state index is -0.188. The second-order valence-corrected chi connectivity index (χ2v) is 5.64. The third-order valence-corrected chi connectivity index (χ3v) is 3.35. The van der Waals surface area contributed by atoms with Gasteiger partial charge in [-0.05, 0) is 22.9 Å². The van der Waals surface area contributed by atoms with Gasteiger partial charge in [0.25, 0.3) is 5.91 Å². The first-order chi connectivity index (χ1) is 7.56. The lowest BCUT2D eigenvalue weighted by Crippen LogP contribution is -2.11. The highest BCUT2D eigenvalue weighted by Crippen LogP contribution is 2.23. The van der Waals surface area contributed by atoms with Crippen molar-refractivity contribution in [2.75, 3.05) is 5.32 Å². The zero-order valence-electron chi connectivity index (χ0n) is 8.69. The highest BCUT2D eigenvalue weighted by molar-refractivity contribution is 9.11. The van der Waals surface area contributed by atoms with Gasteiger partial charge in [0.1, 0.15) is 0 Å². The minimum Gasteiger partial charge on any atom is -0.298 e. The number of hydrogen-bond acceptors (Lipinski definition) is 4.